The topological polar surface area (TPSA) is 156 Å². The molecule has 0 unspecified atom stereocenters. The summed E-state index contributed by atoms with van der Waals surface area (Å²) in [5, 5.41) is 8.71. The number of aromatic nitrogens is 1. The molecule has 1 saturated heterocycles. The number of benzene rings is 1. The highest BCUT2D eigenvalue weighted by Crippen LogP contribution is 2.30. The Morgan fingerprint density at radius 1 is 1.07 bits per heavy atom. The highest BCUT2D eigenvalue weighted by Gasteiger charge is 2.37. The predicted molar refractivity (Wildman–Crippen MR) is 226 cm³/mol. The quantitative estimate of drug-likeness (QED) is 0.0738. The Morgan fingerprint density at radius 3 is 2.40 bits per heavy atom. The van der Waals surface area contributed by atoms with E-state index >= 15 is 0 Å². The van der Waals surface area contributed by atoms with Crippen molar-refractivity contribution in [1.29, 1.82) is 0 Å². The summed E-state index contributed by atoms with van der Waals surface area (Å²) < 4.78 is 16.9. The number of nitrogens with zero attached hydrogens (tertiary/aromatic N) is 3. The van der Waals surface area contributed by atoms with Crippen LogP contribution in [-0.4, -0.2) is 109 Å². The molecular formula is C44H67N5O8S. The van der Waals surface area contributed by atoms with E-state index in [0.717, 1.165) is 24.7 Å². The normalized spacial score (nSPS) is 17.7. The molecule has 1 aliphatic heterocycles. The van der Waals surface area contributed by atoms with Crippen LogP contribution in [0.5, 0.6) is 0 Å². The molecule has 7 atom stereocenters. The number of ether oxygens (including phenoxy) is 3. The van der Waals surface area contributed by atoms with Gasteiger partial charge in [0.05, 0.1) is 5.92 Å². The van der Waals surface area contributed by atoms with Crippen LogP contribution < -0.4 is 10.6 Å². The molecule has 58 heavy (non-hydrogen) atoms. The fraction of sp³-hybridized carbons (Fsp3) is 0.636. The standard InChI is InChI=1S/C44H67N5O8S/c1-11-23-56-42(53)31(5)24-33(25-32-17-13-12-14-18-32)45-39(51)35-28-58-41(47-35)38(55-10)26-37(29(2)3)48(9)27-34(30(4)20-22-50)46-40(52)36-19-15-16-21-49(36)43(54)57-44(6,7)8/h11-14,17-18,22,28-31,33-34,36-38H,1,15-16,19-21,23-27H2,2-10H3,(H,45,51)(H,46,52)/t30-,31-,33+,34+,36+,37+,38+/m0/s1. The number of thiazole rings is 1. The molecule has 0 radical (unpaired) electrons. The summed E-state index contributed by atoms with van der Waals surface area (Å²) in [6.45, 7) is 18.0. The molecule has 322 valence electrons. The van der Waals surface area contributed by atoms with E-state index in [9.17, 15) is 24.0 Å². The molecule has 14 heteroatoms. The minimum absolute atomic E-state index is 0.0283. The third kappa shape index (κ3) is 15.2. The first-order valence-corrected chi connectivity index (χ1v) is 21.4. The molecule has 0 aliphatic carbocycles. The summed E-state index contributed by atoms with van der Waals surface area (Å²) >= 11 is 1.35. The molecular weight excluding hydrogens is 759 g/mol. The number of hydrogen-bond donors (Lipinski definition) is 2. The molecule has 1 aromatic carbocycles. The minimum atomic E-state index is -0.688. The van der Waals surface area contributed by atoms with Crippen LogP contribution in [0.2, 0.25) is 0 Å². The van der Waals surface area contributed by atoms with Crippen molar-refractivity contribution in [2.45, 2.75) is 129 Å². The molecule has 3 amide bonds. The number of methoxy groups -OCH3 is 1. The first-order chi connectivity index (χ1) is 27.5. The molecule has 13 nitrogen and oxygen atoms in total. The number of rotatable bonds is 22. The highest BCUT2D eigenvalue weighted by molar-refractivity contribution is 7.09. The molecule has 2 aromatic rings. The number of carbonyl (C=O) groups is 5. The second-order valence-corrected chi connectivity index (χ2v) is 17.8. The van der Waals surface area contributed by atoms with Gasteiger partial charge < -0.3 is 34.5 Å². The van der Waals surface area contributed by atoms with E-state index < -0.39 is 29.8 Å². The van der Waals surface area contributed by atoms with Crippen molar-refractivity contribution in [3.05, 3.63) is 64.6 Å². The summed E-state index contributed by atoms with van der Waals surface area (Å²) in [4.78, 5) is 73.4. The van der Waals surface area contributed by atoms with Crippen LogP contribution in [0.4, 0.5) is 4.79 Å². The van der Waals surface area contributed by atoms with Gasteiger partial charge in [-0.05, 0) is 83.7 Å². The third-order valence-electron chi connectivity index (χ3n) is 10.6. The number of nitrogens with one attached hydrogen (secondary N) is 2. The number of likely N-dealkylation sites (N-methyl/N-ethyl adjacent to an activating group) is 1. The van der Waals surface area contributed by atoms with Gasteiger partial charge in [0.25, 0.3) is 5.91 Å². The molecule has 2 N–H and O–H groups in total. The summed E-state index contributed by atoms with van der Waals surface area (Å²) in [6, 6.07) is 8.37. The van der Waals surface area contributed by atoms with E-state index in [2.05, 4.69) is 36.0 Å². The van der Waals surface area contributed by atoms with Gasteiger partial charge in [-0.1, -0.05) is 70.7 Å². The van der Waals surface area contributed by atoms with Gasteiger partial charge in [0, 0.05) is 50.1 Å². The van der Waals surface area contributed by atoms with Crippen LogP contribution in [0.1, 0.15) is 114 Å². The highest BCUT2D eigenvalue weighted by atomic mass is 32.1. The molecule has 3 rings (SSSR count). The second kappa shape index (κ2) is 23.5. The maximum Gasteiger partial charge on any atom is 0.410 e. The SMILES string of the molecule is C=CCOC(=O)[C@@H](C)C[C@H](Cc1ccccc1)NC(=O)c1csc([C@@H](C[C@H](C(C)C)N(C)C[C@@H](NC(=O)[C@H]2CCCCN2C(=O)OC(C)(C)C)[C@@H](C)CC=O)OC)n1. The Kier molecular flexibility index (Phi) is 19.5. The average molecular weight is 826 g/mol. The monoisotopic (exact) mass is 825 g/mol. The average Bonchev–Trinajstić information content (AvgIpc) is 3.67. The van der Waals surface area contributed by atoms with Crippen molar-refractivity contribution in [3.63, 3.8) is 0 Å². The van der Waals surface area contributed by atoms with Crippen LogP contribution in [-0.2, 0) is 35.0 Å². The van der Waals surface area contributed by atoms with Crippen LogP contribution >= 0.6 is 11.3 Å². The number of aldehydes is 1. The molecule has 1 aliphatic rings. The number of piperidine rings is 1. The molecule has 1 aromatic heterocycles. The zero-order valence-electron chi connectivity index (χ0n) is 36.0. The van der Waals surface area contributed by atoms with Crippen LogP contribution in [0.3, 0.4) is 0 Å². The second-order valence-electron chi connectivity index (χ2n) is 16.9. The Morgan fingerprint density at radius 2 is 1.78 bits per heavy atom. The maximum absolute atomic E-state index is 13.9. The van der Waals surface area contributed by atoms with Gasteiger partial charge in [0.15, 0.2) is 0 Å². The fourth-order valence-electron chi connectivity index (χ4n) is 7.33. The molecule has 0 bridgehead atoms. The zero-order chi connectivity index (χ0) is 43.0. The molecule has 1 fully saturated rings. The number of amides is 3. The molecule has 0 spiro atoms. The Balaban J connectivity index is 1.75. The number of carbonyl (C=O) groups excluding carboxylic acids is 5. The summed E-state index contributed by atoms with van der Waals surface area (Å²) in [7, 11) is 3.63. The van der Waals surface area contributed by atoms with Crippen molar-refractivity contribution < 1.29 is 38.2 Å². The lowest BCUT2D eigenvalue weighted by Gasteiger charge is -2.39. The first kappa shape index (κ1) is 48.2. The van der Waals surface area contributed by atoms with Crippen molar-refractivity contribution in [2.24, 2.45) is 17.8 Å². The van der Waals surface area contributed by atoms with Gasteiger partial charge in [-0.25, -0.2) is 9.78 Å². The lowest BCUT2D eigenvalue weighted by atomic mass is 9.93. The van der Waals surface area contributed by atoms with Crippen LogP contribution in [0.25, 0.3) is 0 Å². The van der Waals surface area contributed by atoms with Crippen molar-refractivity contribution in [1.82, 2.24) is 25.4 Å². The van der Waals surface area contributed by atoms with Gasteiger partial charge >= 0.3 is 12.1 Å². The van der Waals surface area contributed by atoms with Gasteiger partial charge in [-0.3, -0.25) is 19.3 Å². The fourth-order valence-corrected chi connectivity index (χ4v) is 8.21. The molecule has 2 heterocycles. The minimum Gasteiger partial charge on any atom is -0.461 e. The summed E-state index contributed by atoms with van der Waals surface area (Å²) in [5.74, 6) is -1.39. The van der Waals surface area contributed by atoms with Gasteiger partial charge in [0.1, 0.15) is 41.3 Å². The third-order valence-corrected chi connectivity index (χ3v) is 11.5. The van der Waals surface area contributed by atoms with E-state index in [1.165, 1.54) is 22.3 Å². The van der Waals surface area contributed by atoms with Crippen molar-refractivity contribution >= 4 is 41.5 Å². The van der Waals surface area contributed by atoms with E-state index in [-0.39, 0.29) is 66.5 Å². The van der Waals surface area contributed by atoms with E-state index in [4.69, 9.17) is 19.2 Å². The van der Waals surface area contributed by atoms with E-state index in [1.807, 2.05) is 44.3 Å². The Labute approximate surface area is 349 Å². The van der Waals surface area contributed by atoms with Crippen LogP contribution in [0, 0.1) is 17.8 Å². The van der Waals surface area contributed by atoms with Gasteiger partial charge in [0.2, 0.25) is 5.91 Å². The van der Waals surface area contributed by atoms with E-state index in [0.29, 0.717) is 43.8 Å². The largest absolute Gasteiger partial charge is 0.461 e. The Hall–Kier alpha value is -4.14. The lowest BCUT2D eigenvalue weighted by Crippen LogP contribution is -2.57. The van der Waals surface area contributed by atoms with E-state index in [1.54, 1.807) is 40.2 Å². The van der Waals surface area contributed by atoms with Crippen molar-refractivity contribution in [2.75, 3.05) is 33.9 Å². The van der Waals surface area contributed by atoms with Gasteiger partial charge in [-0.2, -0.15) is 0 Å². The van der Waals surface area contributed by atoms with Crippen molar-refractivity contribution in [3.8, 4) is 0 Å². The first-order valence-electron chi connectivity index (χ1n) is 20.5. The summed E-state index contributed by atoms with van der Waals surface area (Å²) in [6.07, 6.45) is 5.35. The number of likely N-dealkylation sites (tertiary alicyclic amines) is 1. The number of hydrogen-bond acceptors (Lipinski definition) is 11. The summed E-state index contributed by atoms with van der Waals surface area (Å²) in [5.41, 5.74) is 0.609. The number of esters is 1. The van der Waals surface area contributed by atoms with Gasteiger partial charge in [-0.15, -0.1) is 11.3 Å². The zero-order valence-corrected chi connectivity index (χ0v) is 36.8. The van der Waals surface area contributed by atoms with Crippen LogP contribution in [0.15, 0.2) is 48.4 Å². The maximum atomic E-state index is 13.9. The predicted octanol–water partition coefficient (Wildman–Crippen LogP) is 6.77. The smallest absolute Gasteiger partial charge is 0.410 e. The lowest BCUT2D eigenvalue weighted by molar-refractivity contribution is -0.147. The molecule has 0 saturated carbocycles. The Bertz CT molecular complexity index is 1630.